The van der Waals surface area contributed by atoms with Crippen LogP contribution in [0.4, 0.5) is 0 Å². The first-order valence-corrected chi connectivity index (χ1v) is 9.00. The molecule has 0 saturated carbocycles. The lowest BCUT2D eigenvalue weighted by Gasteiger charge is -2.08. The monoisotopic (exact) mass is 343 g/mol. The molecule has 1 rings (SSSR count). The van der Waals surface area contributed by atoms with Crippen LogP contribution in [-0.4, -0.2) is 38.2 Å². The van der Waals surface area contributed by atoms with Crippen molar-refractivity contribution in [3.63, 3.8) is 0 Å². The number of rotatable bonds is 8. The highest BCUT2D eigenvalue weighted by Crippen LogP contribution is 2.24. The quantitative estimate of drug-likeness (QED) is 0.711. The second-order valence-electron chi connectivity index (χ2n) is 3.66. The van der Waals surface area contributed by atoms with Gasteiger partial charge in [0.15, 0.2) is 0 Å². The Bertz CT molecular complexity index is 509. The standard InChI is InChI=1S/C11H15Cl2NO3S2/c12-9-2-3-10(13)11(8-9)19(16,17)14-4-7-18-6-1-5-15/h2-3,8,14-15H,1,4-7H2. The van der Waals surface area contributed by atoms with E-state index < -0.39 is 10.0 Å². The number of thioether (sulfide) groups is 1. The van der Waals surface area contributed by atoms with E-state index in [0.29, 0.717) is 23.7 Å². The summed E-state index contributed by atoms with van der Waals surface area (Å²) >= 11 is 13.2. The van der Waals surface area contributed by atoms with E-state index in [2.05, 4.69) is 4.72 Å². The normalized spacial score (nSPS) is 11.7. The minimum Gasteiger partial charge on any atom is -0.396 e. The van der Waals surface area contributed by atoms with Gasteiger partial charge in [0.1, 0.15) is 4.90 Å². The summed E-state index contributed by atoms with van der Waals surface area (Å²) < 4.78 is 26.4. The summed E-state index contributed by atoms with van der Waals surface area (Å²) in [6.45, 7) is 0.456. The fourth-order valence-corrected chi connectivity index (χ4v) is 3.98. The van der Waals surface area contributed by atoms with E-state index in [1.807, 2.05) is 0 Å². The zero-order chi connectivity index (χ0) is 14.3. The molecule has 0 aliphatic rings. The molecule has 2 N–H and O–H groups in total. The highest BCUT2D eigenvalue weighted by Gasteiger charge is 2.17. The van der Waals surface area contributed by atoms with Crippen LogP contribution in [0.3, 0.4) is 0 Å². The van der Waals surface area contributed by atoms with Crippen LogP contribution in [0.15, 0.2) is 23.1 Å². The number of hydrogen-bond acceptors (Lipinski definition) is 4. The maximum atomic E-state index is 12.0. The van der Waals surface area contributed by atoms with Crippen LogP contribution in [-0.2, 0) is 10.0 Å². The van der Waals surface area contributed by atoms with Gasteiger partial charge in [-0.3, -0.25) is 0 Å². The zero-order valence-corrected chi connectivity index (χ0v) is 13.2. The van der Waals surface area contributed by atoms with Gasteiger partial charge < -0.3 is 5.11 Å². The molecule has 0 aromatic heterocycles. The minimum absolute atomic E-state index is 0.0120. The molecule has 4 nitrogen and oxygen atoms in total. The van der Waals surface area contributed by atoms with Crippen LogP contribution in [0, 0.1) is 0 Å². The predicted molar refractivity (Wildman–Crippen MR) is 80.7 cm³/mol. The number of aliphatic hydroxyl groups is 1. The number of nitrogens with one attached hydrogen (secondary N) is 1. The Balaban J connectivity index is 2.54. The highest BCUT2D eigenvalue weighted by molar-refractivity contribution is 7.99. The summed E-state index contributed by atoms with van der Waals surface area (Å²) in [7, 11) is -3.64. The molecule has 0 heterocycles. The summed E-state index contributed by atoms with van der Waals surface area (Å²) in [6.07, 6.45) is 0.706. The van der Waals surface area contributed by atoms with E-state index in [4.69, 9.17) is 28.3 Å². The van der Waals surface area contributed by atoms with Gasteiger partial charge in [-0.25, -0.2) is 13.1 Å². The van der Waals surface area contributed by atoms with Gasteiger partial charge in [0.25, 0.3) is 0 Å². The summed E-state index contributed by atoms with van der Waals surface area (Å²) in [4.78, 5) is -0.0120. The lowest BCUT2D eigenvalue weighted by molar-refractivity contribution is 0.296. The summed E-state index contributed by atoms with van der Waals surface area (Å²) in [5, 5.41) is 9.07. The van der Waals surface area contributed by atoms with Crippen molar-refractivity contribution in [1.82, 2.24) is 4.72 Å². The molecular weight excluding hydrogens is 329 g/mol. The molecule has 8 heteroatoms. The van der Waals surface area contributed by atoms with Crippen LogP contribution in [0.2, 0.25) is 10.0 Å². The Morgan fingerprint density at radius 3 is 2.68 bits per heavy atom. The highest BCUT2D eigenvalue weighted by atomic mass is 35.5. The van der Waals surface area contributed by atoms with Crippen molar-refractivity contribution >= 4 is 45.0 Å². The first-order chi connectivity index (χ1) is 8.97. The van der Waals surface area contributed by atoms with E-state index in [9.17, 15) is 8.42 Å². The average Bonchev–Trinajstić information content (AvgIpc) is 2.36. The van der Waals surface area contributed by atoms with Crippen molar-refractivity contribution in [3.8, 4) is 0 Å². The molecule has 0 fully saturated rings. The molecule has 19 heavy (non-hydrogen) atoms. The SMILES string of the molecule is O=S(=O)(NCCSCCCO)c1cc(Cl)ccc1Cl. The first-order valence-electron chi connectivity index (χ1n) is 5.60. The first kappa shape index (κ1) is 17.1. The van der Waals surface area contributed by atoms with Crippen molar-refractivity contribution in [2.45, 2.75) is 11.3 Å². The van der Waals surface area contributed by atoms with Crippen molar-refractivity contribution in [2.24, 2.45) is 0 Å². The molecule has 0 saturated heterocycles. The van der Waals surface area contributed by atoms with E-state index in [0.717, 1.165) is 5.75 Å². The van der Waals surface area contributed by atoms with E-state index in [1.165, 1.54) is 18.2 Å². The predicted octanol–water partition coefficient (Wildman–Crippen LogP) is 2.39. The van der Waals surface area contributed by atoms with Crippen LogP contribution in [0.25, 0.3) is 0 Å². The summed E-state index contributed by atoms with van der Waals surface area (Å²) in [6, 6.07) is 4.31. The maximum Gasteiger partial charge on any atom is 0.242 e. The molecule has 1 aromatic carbocycles. The van der Waals surface area contributed by atoms with E-state index in [1.54, 1.807) is 11.8 Å². The van der Waals surface area contributed by atoms with Crippen molar-refractivity contribution in [3.05, 3.63) is 28.2 Å². The molecule has 0 amide bonds. The van der Waals surface area contributed by atoms with Gasteiger partial charge >= 0.3 is 0 Å². The van der Waals surface area contributed by atoms with Gasteiger partial charge in [-0.2, -0.15) is 11.8 Å². The van der Waals surface area contributed by atoms with E-state index in [-0.39, 0.29) is 16.5 Å². The number of hydrogen-bond donors (Lipinski definition) is 2. The average molecular weight is 344 g/mol. The lowest BCUT2D eigenvalue weighted by Crippen LogP contribution is -2.26. The number of benzene rings is 1. The minimum atomic E-state index is -3.64. The van der Waals surface area contributed by atoms with Crippen LogP contribution in [0.1, 0.15) is 6.42 Å². The Labute approximate surface area is 127 Å². The third kappa shape index (κ3) is 5.89. The van der Waals surface area contributed by atoms with Crippen LogP contribution < -0.4 is 4.72 Å². The van der Waals surface area contributed by atoms with Crippen molar-refractivity contribution in [2.75, 3.05) is 24.7 Å². The second kappa shape index (κ2) is 8.34. The van der Waals surface area contributed by atoms with Gasteiger partial charge in [0.2, 0.25) is 10.0 Å². The number of aliphatic hydroxyl groups excluding tert-OH is 1. The Morgan fingerprint density at radius 1 is 1.26 bits per heavy atom. The van der Waals surface area contributed by atoms with Gasteiger partial charge in [0.05, 0.1) is 5.02 Å². The van der Waals surface area contributed by atoms with Gasteiger partial charge in [-0.1, -0.05) is 23.2 Å². The molecule has 0 atom stereocenters. The molecule has 0 bridgehead atoms. The van der Waals surface area contributed by atoms with Gasteiger partial charge in [-0.15, -0.1) is 0 Å². The summed E-state index contributed by atoms with van der Waals surface area (Å²) in [5.74, 6) is 1.44. The number of halogens is 2. The third-order valence-corrected chi connectivity index (χ3v) is 5.42. The van der Waals surface area contributed by atoms with Crippen LogP contribution in [0.5, 0.6) is 0 Å². The fraction of sp³-hybridized carbons (Fsp3) is 0.455. The zero-order valence-electron chi connectivity index (χ0n) is 10.1. The molecule has 0 aliphatic heterocycles. The third-order valence-electron chi connectivity index (χ3n) is 2.17. The van der Waals surface area contributed by atoms with Crippen molar-refractivity contribution in [1.29, 1.82) is 0 Å². The fourth-order valence-electron chi connectivity index (χ4n) is 1.28. The molecule has 0 radical (unpaired) electrons. The lowest BCUT2D eigenvalue weighted by atomic mass is 10.4. The topological polar surface area (TPSA) is 66.4 Å². The Morgan fingerprint density at radius 2 is 2.00 bits per heavy atom. The molecule has 0 aliphatic carbocycles. The second-order valence-corrected chi connectivity index (χ2v) is 7.47. The molecule has 108 valence electrons. The maximum absolute atomic E-state index is 12.0. The molecule has 0 unspecified atom stereocenters. The number of sulfonamides is 1. The molecular formula is C11H15Cl2NO3S2. The largest absolute Gasteiger partial charge is 0.396 e. The van der Waals surface area contributed by atoms with Crippen LogP contribution >= 0.6 is 35.0 Å². The Hall–Kier alpha value is 0.0200. The molecule has 0 spiro atoms. The van der Waals surface area contributed by atoms with E-state index >= 15 is 0 Å². The Kier molecular flexibility index (Phi) is 7.49. The smallest absolute Gasteiger partial charge is 0.242 e. The van der Waals surface area contributed by atoms with Gasteiger partial charge in [-0.05, 0) is 30.4 Å². The summed E-state index contributed by atoms with van der Waals surface area (Å²) in [5.41, 5.74) is 0. The van der Waals surface area contributed by atoms with Gasteiger partial charge in [0, 0.05) is 23.9 Å². The molecule has 1 aromatic rings. The van der Waals surface area contributed by atoms with Crippen molar-refractivity contribution < 1.29 is 13.5 Å².